The average molecular weight is 275 g/mol. The number of aromatic carboxylic acids is 1. The fraction of sp³-hybridized carbons (Fsp3) is 0.308. The van der Waals surface area contributed by atoms with Gasteiger partial charge < -0.3 is 10.4 Å². The maximum absolute atomic E-state index is 11.0. The Balaban J connectivity index is 1.83. The molecule has 1 saturated carbocycles. The first-order valence-electron chi connectivity index (χ1n) is 6.06. The molecule has 3 rings (SSSR count). The molecule has 1 aliphatic rings. The van der Waals surface area contributed by atoms with E-state index in [1.807, 2.05) is 5.38 Å². The number of pyridine rings is 1. The molecule has 0 bridgehead atoms. The number of carbonyl (C=O) groups is 1. The first-order chi connectivity index (χ1) is 9.11. The second-order valence-electron chi connectivity index (χ2n) is 4.66. The van der Waals surface area contributed by atoms with E-state index in [0.29, 0.717) is 17.4 Å². The smallest absolute Gasteiger partial charge is 0.335 e. The van der Waals surface area contributed by atoms with Gasteiger partial charge in [-0.1, -0.05) is 0 Å². The molecule has 5 nitrogen and oxygen atoms in total. The Bertz CT molecular complexity index is 635. The van der Waals surface area contributed by atoms with Crippen molar-refractivity contribution in [3.8, 4) is 0 Å². The molecule has 0 aliphatic heterocycles. The maximum atomic E-state index is 11.0. The topological polar surface area (TPSA) is 75.1 Å². The van der Waals surface area contributed by atoms with Crippen LogP contribution in [0.1, 0.15) is 40.5 Å². The highest BCUT2D eigenvalue weighted by molar-refractivity contribution is 7.13. The lowest BCUT2D eigenvalue weighted by Gasteiger charge is -2.04. The van der Waals surface area contributed by atoms with Crippen molar-refractivity contribution in [1.29, 1.82) is 0 Å². The lowest BCUT2D eigenvalue weighted by atomic mass is 10.2. The number of nitrogens with one attached hydrogen (secondary N) is 1. The zero-order valence-corrected chi connectivity index (χ0v) is 11.2. The van der Waals surface area contributed by atoms with Crippen molar-refractivity contribution in [2.24, 2.45) is 0 Å². The number of hydrogen-bond donors (Lipinski definition) is 2. The summed E-state index contributed by atoms with van der Waals surface area (Å²) in [6.07, 6.45) is 2.43. The molecule has 0 amide bonds. The molecule has 2 N–H and O–H groups in total. The minimum Gasteiger partial charge on any atom is -0.478 e. The van der Waals surface area contributed by atoms with E-state index in [4.69, 9.17) is 5.11 Å². The Morgan fingerprint density at radius 3 is 2.89 bits per heavy atom. The van der Waals surface area contributed by atoms with Gasteiger partial charge in [0.1, 0.15) is 5.82 Å². The van der Waals surface area contributed by atoms with Crippen LogP contribution in [0.5, 0.6) is 0 Å². The first-order valence-corrected chi connectivity index (χ1v) is 6.94. The second-order valence-corrected chi connectivity index (χ2v) is 5.52. The van der Waals surface area contributed by atoms with Crippen molar-refractivity contribution in [1.82, 2.24) is 9.97 Å². The zero-order valence-electron chi connectivity index (χ0n) is 10.4. The molecule has 6 heteroatoms. The van der Waals surface area contributed by atoms with E-state index in [2.05, 4.69) is 15.3 Å². The molecule has 2 aromatic rings. The van der Waals surface area contributed by atoms with E-state index < -0.39 is 5.97 Å². The van der Waals surface area contributed by atoms with Crippen LogP contribution < -0.4 is 5.32 Å². The number of thiazole rings is 1. The Kier molecular flexibility index (Phi) is 2.94. The van der Waals surface area contributed by atoms with E-state index in [-0.39, 0.29) is 5.56 Å². The molecule has 1 aliphatic carbocycles. The van der Waals surface area contributed by atoms with Gasteiger partial charge in [-0.25, -0.2) is 14.8 Å². The van der Waals surface area contributed by atoms with E-state index in [1.165, 1.54) is 30.2 Å². The standard InChI is InChI=1S/C13H13N3O2S/c1-7-4-9(12(17)18)5-11(14-7)16-13-15-10(6-19-13)8-2-3-8/h4-6,8H,2-3H2,1H3,(H,17,18)(H,14,15,16). The molecule has 19 heavy (non-hydrogen) atoms. The van der Waals surface area contributed by atoms with Gasteiger partial charge in [0.05, 0.1) is 11.3 Å². The van der Waals surface area contributed by atoms with Gasteiger partial charge in [0.15, 0.2) is 5.13 Å². The van der Waals surface area contributed by atoms with Crippen LogP contribution in [0.25, 0.3) is 0 Å². The van der Waals surface area contributed by atoms with Gasteiger partial charge in [0.25, 0.3) is 0 Å². The Labute approximate surface area is 114 Å². The van der Waals surface area contributed by atoms with Crippen LogP contribution in [-0.4, -0.2) is 21.0 Å². The normalized spacial score (nSPS) is 14.4. The van der Waals surface area contributed by atoms with Gasteiger partial charge in [-0.3, -0.25) is 0 Å². The highest BCUT2D eigenvalue weighted by atomic mass is 32.1. The van der Waals surface area contributed by atoms with Crippen LogP contribution >= 0.6 is 11.3 Å². The minimum atomic E-state index is -0.952. The summed E-state index contributed by atoms with van der Waals surface area (Å²) in [6.45, 7) is 1.77. The van der Waals surface area contributed by atoms with Crippen LogP contribution in [-0.2, 0) is 0 Å². The predicted molar refractivity (Wildman–Crippen MR) is 73.3 cm³/mol. The average Bonchev–Trinajstić information content (AvgIpc) is 3.10. The largest absolute Gasteiger partial charge is 0.478 e. The zero-order chi connectivity index (χ0) is 13.4. The summed E-state index contributed by atoms with van der Waals surface area (Å²) in [7, 11) is 0. The Morgan fingerprint density at radius 2 is 2.21 bits per heavy atom. The van der Waals surface area contributed by atoms with Crippen molar-refractivity contribution in [2.45, 2.75) is 25.7 Å². The summed E-state index contributed by atoms with van der Waals surface area (Å²) < 4.78 is 0. The van der Waals surface area contributed by atoms with Crippen LogP contribution in [0.3, 0.4) is 0 Å². The maximum Gasteiger partial charge on any atom is 0.335 e. The number of nitrogens with zero attached hydrogens (tertiary/aromatic N) is 2. The Morgan fingerprint density at radius 1 is 1.42 bits per heavy atom. The third-order valence-electron chi connectivity index (χ3n) is 2.95. The van der Waals surface area contributed by atoms with E-state index in [1.54, 1.807) is 13.0 Å². The van der Waals surface area contributed by atoms with Crippen molar-refractivity contribution in [2.75, 3.05) is 5.32 Å². The molecular formula is C13H13N3O2S. The van der Waals surface area contributed by atoms with E-state index in [0.717, 1.165) is 10.8 Å². The SMILES string of the molecule is Cc1cc(C(=O)O)cc(Nc2nc(C3CC3)cs2)n1. The number of carboxylic acids is 1. The van der Waals surface area contributed by atoms with Gasteiger partial charge in [-0.2, -0.15) is 0 Å². The third kappa shape index (κ3) is 2.73. The van der Waals surface area contributed by atoms with Crippen LogP contribution in [0.15, 0.2) is 17.5 Å². The van der Waals surface area contributed by atoms with Crippen LogP contribution in [0.4, 0.5) is 10.9 Å². The summed E-state index contributed by atoms with van der Waals surface area (Å²) in [5, 5.41) is 14.9. The van der Waals surface area contributed by atoms with E-state index in [9.17, 15) is 4.79 Å². The fourth-order valence-corrected chi connectivity index (χ4v) is 2.67. The lowest BCUT2D eigenvalue weighted by Crippen LogP contribution is -2.01. The predicted octanol–water partition coefficient (Wildman–Crippen LogP) is 3.17. The van der Waals surface area contributed by atoms with Crippen molar-refractivity contribution < 1.29 is 9.90 Å². The summed E-state index contributed by atoms with van der Waals surface area (Å²) in [4.78, 5) is 19.8. The summed E-state index contributed by atoms with van der Waals surface area (Å²) in [6, 6.07) is 3.07. The van der Waals surface area contributed by atoms with Crippen molar-refractivity contribution in [3.63, 3.8) is 0 Å². The van der Waals surface area contributed by atoms with Crippen LogP contribution in [0, 0.1) is 6.92 Å². The second kappa shape index (κ2) is 4.62. The Hall–Kier alpha value is -1.95. The number of hydrogen-bond acceptors (Lipinski definition) is 5. The molecule has 98 valence electrons. The molecule has 2 aromatic heterocycles. The molecule has 0 radical (unpaired) electrons. The van der Waals surface area contributed by atoms with Crippen molar-refractivity contribution in [3.05, 3.63) is 34.5 Å². The fourth-order valence-electron chi connectivity index (χ4n) is 1.88. The number of rotatable bonds is 4. The van der Waals surface area contributed by atoms with Crippen LogP contribution in [0.2, 0.25) is 0 Å². The van der Waals surface area contributed by atoms with E-state index >= 15 is 0 Å². The monoisotopic (exact) mass is 275 g/mol. The molecular weight excluding hydrogens is 262 g/mol. The molecule has 0 aromatic carbocycles. The third-order valence-corrected chi connectivity index (χ3v) is 3.73. The molecule has 0 saturated heterocycles. The van der Waals surface area contributed by atoms with Crippen molar-refractivity contribution >= 4 is 28.3 Å². The van der Waals surface area contributed by atoms with Gasteiger partial charge in [-0.05, 0) is 31.9 Å². The van der Waals surface area contributed by atoms with Gasteiger partial charge in [0.2, 0.25) is 0 Å². The molecule has 2 heterocycles. The van der Waals surface area contributed by atoms with Gasteiger partial charge in [-0.15, -0.1) is 11.3 Å². The number of aromatic nitrogens is 2. The number of anilines is 2. The molecule has 0 atom stereocenters. The summed E-state index contributed by atoms with van der Waals surface area (Å²) in [5.74, 6) is 0.187. The summed E-state index contributed by atoms with van der Waals surface area (Å²) >= 11 is 1.52. The number of carboxylic acid groups (broad SMARTS) is 1. The molecule has 0 spiro atoms. The van der Waals surface area contributed by atoms with Gasteiger partial charge in [0, 0.05) is 17.0 Å². The number of aryl methyl sites for hydroxylation is 1. The quantitative estimate of drug-likeness (QED) is 0.896. The lowest BCUT2D eigenvalue weighted by molar-refractivity contribution is 0.0696. The molecule has 1 fully saturated rings. The highest BCUT2D eigenvalue weighted by Gasteiger charge is 2.26. The highest BCUT2D eigenvalue weighted by Crippen LogP contribution is 2.41. The minimum absolute atomic E-state index is 0.231. The first kappa shape index (κ1) is 12.1. The summed E-state index contributed by atoms with van der Waals surface area (Å²) in [5.41, 5.74) is 2.02. The van der Waals surface area contributed by atoms with Gasteiger partial charge >= 0.3 is 5.97 Å². The molecule has 0 unspecified atom stereocenters.